The SMILES string of the molecule is Cc1ccc(N(CC(=O)N(Cc2ccccc2F)[C@H](C)C(=O)NCC(C)C)S(=O)(=O)c2ccccc2)c(C)c1. The zero-order chi connectivity index (χ0) is 28.7. The molecule has 0 aromatic heterocycles. The van der Waals surface area contributed by atoms with Gasteiger partial charge < -0.3 is 10.2 Å². The largest absolute Gasteiger partial charge is 0.354 e. The molecule has 0 aliphatic rings. The third-order valence-corrected chi connectivity index (χ3v) is 8.16. The minimum Gasteiger partial charge on any atom is -0.354 e. The molecule has 208 valence electrons. The van der Waals surface area contributed by atoms with Crippen LogP contribution in [0.25, 0.3) is 0 Å². The number of hydrogen-bond donors (Lipinski definition) is 1. The molecule has 0 radical (unpaired) electrons. The molecule has 1 N–H and O–H groups in total. The number of hydrogen-bond acceptors (Lipinski definition) is 4. The third kappa shape index (κ3) is 7.44. The van der Waals surface area contributed by atoms with Gasteiger partial charge in [0.15, 0.2) is 0 Å². The molecule has 9 heteroatoms. The van der Waals surface area contributed by atoms with Crippen LogP contribution >= 0.6 is 0 Å². The van der Waals surface area contributed by atoms with Crippen molar-refractivity contribution in [3.8, 4) is 0 Å². The first kappa shape index (κ1) is 29.8. The Morgan fingerprint density at radius 2 is 1.56 bits per heavy atom. The Kier molecular flexibility index (Phi) is 9.86. The number of aryl methyl sites for hydroxylation is 2. The fourth-order valence-corrected chi connectivity index (χ4v) is 5.66. The molecule has 3 rings (SSSR count). The molecule has 39 heavy (non-hydrogen) atoms. The fraction of sp³-hybridized carbons (Fsp3) is 0.333. The Bertz CT molecular complexity index is 1410. The van der Waals surface area contributed by atoms with Crippen LogP contribution in [-0.4, -0.2) is 44.3 Å². The second-order valence-electron chi connectivity index (χ2n) is 10.0. The Hall–Kier alpha value is -3.72. The molecule has 0 aliphatic carbocycles. The molecule has 3 aromatic carbocycles. The number of benzene rings is 3. The van der Waals surface area contributed by atoms with Crippen molar-refractivity contribution in [1.82, 2.24) is 10.2 Å². The molecule has 2 amide bonds. The summed E-state index contributed by atoms with van der Waals surface area (Å²) in [5, 5.41) is 2.82. The van der Waals surface area contributed by atoms with Crippen LogP contribution in [0.2, 0.25) is 0 Å². The van der Waals surface area contributed by atoms with E-state index >= 15 is 0 Å². The quantitative estimate of drug-likeness (QED) is 0.369. The Labute approximate surface area is 230 Å². The summed E-state index contributed by atoms with van der Waals surface area (Å²) in [6.07, 6.45) is 0. The van der Waals surface area contributed by atoms with Crippen LogP contribution < -0.4 is 9.62 Å². The first-order valence-corrected chi connectivity index (χ1v) is 14.3. The summed E-state index contributed by atoms with van der Waals surface area (Å²) in [5.41, 5.74) is 2.18. The van der Waals surface area contributed by atoms with Gasteiger partial charge in [-0.05, 0) is 56.5 Å². The minimum absolute atomic E-state index is 0.0288. The van der Waals surface area contributed by atoms with Crippen LogP contribution in [0.15, 0.2) is 77.7 Å². The number of halogens is 1. The molecule has 0 fully saturated rings. The third-order valence-electron chi connectivity index (χ3n) is 6.38. The monoisotopic (exact) mass is 553 g/mol. The highest BCUT2D eigenvalue weighted by Gasteiger charge is 2.33. The second kappa shape index (κ2) is 12.9. The Balaban J connectivity index is 2.04. The maximum atomic E-state index is 14.6. The average Bonchev–Trinajstić information content (AvgIpc) is 2.90. The maximum Gasteiger partial charge on any atom is 0.264 e. The van der Waals surface area contributed by atoms with Crippen LogP contribution in [0, 0.1) is 25.6 Å². The average molecular weight is 554 g/mol. The first-order chi connectivity index (χ1) is 18.4. The normalized spacial score (nSPS) is 12.2. The molecule has 0 aliphatic heterocycles. The van der Waals surface area contributed by atoms with E-state index < -0.39 is 40.2 Å². The molecule has 1 atom stereocenters. The van der Waals surface area contributed by atoms with Crippen molar-refractivity contribution in [2.45, 2.75) is 52.1 Å². The highest BCUT2D eigenvalue weighted by atomic mass is 32.2. The van der Waals surface area contributed by atoms with Gasteiger partial charge >= 0.3 is 0 Å². The van der Waals surface area contributed by atoms with E-state index in [1.807, 2.05) is 26.8 Å². The van der Waals surface area contributed by atoms with Gasteiger partial charge in [-0.2, -0.15) is 0 Å². The van der Waals surface area contributed by atoms with Gasteiger partial charge in [0.25, 0.3) is 10.0 Å². The van der Waals surface area contributed by atoms with E-state index in [4.69, 9.17) is 0 Å². The Morgan fingerprint density at radius 3 is 2.18 bits per heavy atom. The van der Waals surface area contributed by atoms with Gasteiger partial charge in [0.2, 0.25) is 11.8 Å². The van der Waals surface area contributed by atoms with E-state index in [2.05, 4.69) is 5.32 Å². The lowest BCUT2D eigenvalue weighted by Gasteiger charge is -2.32. The van der Waals surface area contributed by atoms with Crippen molar-refractivity contribution in [1.29, 1.82) is 0 Å². The van der Waals surface area contributed by atoms with Crippen molar-refractivity contribution in [2.24, 2.45) is 5.92 Å². The topological polar surface area (TPSA) is 86.8 Å². The standard InChI is InChI=1S/C30H36FN3O4S/c1-21(2)18-32-30(36)24(5)33(19-25-11-9-10-14-27(25)31)29(35)20-34(28-16-15-22(3)17-23(28)4)39(37,38)26-12-7-6-8-13-26/h6-17,21,24H,18-20H2,1-5H3,(H,32,36)/t24-/m1/s1. The van der Waals surface area contributed by atoms with E-state index in [0.29, 0.717) is 17.8 Å². The van der Waals surface area contributed by atoms with E-state index in [9.17, 15) is 22.4 Å². The summed E-state index contributed by atoms with van der Waals surface area (Å²) >= 11 is 0. The number of nitrogens with zero attached hydrogens (tertiary/aromatic N) is 2. The van der Waals surface area contributed by atoms with Crippen molar-refractivity contribution in [3.05, 3.63) is 95.3 Å². The number of anilines is 1. The number of carbonyl (C=O) groups excluding carboxylic acids is 2. The van der Waals surface area contributed by atoms with Gasteiger partial charge in [-0.3, -0.25) is 13.9 Å². The van der Waals surface area contributed by atoms with Crippen LogP contribution in [-0.2, 0) is 26.2 Å². The molecule has 0 spiro atoms. The van der Waals surface area contributed by atoms with E-state index in [1.54, 1.807) is 50.2 Å². The van der Waals surface area contributed by atoms with Gasteiger partial charge in [0, 0.05) is 18.7 Å². The maximum absolute atomic E-state index is 14.6. The summed E-state index contributed by atoms with van der Waals surface area (Å²) in [6.45, 7) is 8.76. The number of nitrogens with one attached hydrogen (secondary N) is 1. The number of sulfonamides is 1. The van der Waals surface area contributed by atoms with E-state index in [-0.39, 0.29) is 22.9 Å². The first-order valence-electron chi connectivity index (χ1n) is 12.9. The lowest BCUT2D eigenvalue weighted by molar-refractivity contribution is -0.139. The van der Waals surface area contributed by atoms with Gasteiger partial charge in [-0.1, -0.05) is 67.9 Å². The van der Waals surface area contributed by atoms with Crippen molar-refractivity contribution in [2.75, 3.05) is 17.4 Å². The molecule has 7 nitrogen and oxygen atoms in total. The van der Waals surface area contributed by atoms with Gasteiger partial charge in [0.05, 0.1) is 10.6 Å². The van der Waals surface area contributed by atoms with Crippen LogP contribution in [0.1, 0.15) is 37.5 Å². The zero-order valence-electron chi connectivity index (χ0n) is 23.0. The molecular formula is C30H36FN3O4S. The van der Waals surface area contributed by atoms with Gasteiger partial charge in [0.1, 0.15) is 18.4 Å². The summed E-state index contributed by atoms with van der Waals surface area (Å²) in [5.74, 6) is -1.37. The Morgan fingerprint density at radius 1 is 0.923 bits per heavy atom. The second-order valence-corrected chi connectivity index (χ2v) is 11.9. The fourth-order valence-electron chi connectivity index (χ4n) is 4.16. The van der Waals surface area contributed by atoms with Gasteiger partial charge in [-0.15, -0.1) is 0 Å². The van der Waals surface area contributed by atoms with Crippen molar-refractivity contribution < 1.29 is 22.4 Å². The number of rotatable bonds is 11. The predicted octanol–water partition coefficient (Wildman–Crippen LogP) is 4.83. The molecule has 0 bridgehead atoms. The summed E-state index contributed by atoms with van der Waals surface area (Å²) in [4.78, 5) is 28.2. The number of amides is 2. The summed E-state index contributed by atoms with van der Waals surface area (Å²) < 4.78 is 43.4. The van der Waals surface area contributed by atoms with Crippen LogP contribution in [0.3, 0.4) is 0 Å². The lowest BCUT2D eigenvalue weighted by Crippen LogP contribution is -2.51. The molecule has 3 aromatic rings. The van der Waals surface area contributed by atoms with Crippen molar-refractivity contribution >= 4 is 27.5 Å². The highest BCUT2D eigenvalue weighted by Crippen LogP contribution is 2.28. The van der Waals surface area contributed by atoms with Crippen molar-refractivity contribution in [3.63, 3.8) is 0 Å². The smallest absolute Gasteiger partial charge is 0.264 e. The van der Waals surface area contributed by atoms with E-state index in [1.165, 1.54) is 35.2 Å². The number of carbonyl (C=O) groups is 2. The lowest BCUT2D eigenvalue weighted by atomic mass is 10.1. The van der Waals surface area contributed by atoms with Crippen LogP contribution in [0.5, 0.6) is 0 Å². The predicted molar refractivity (Wildman–Crippen MR) is 151 cm³/mol. The molecule has 0 heterocycles. The summed E-state index contributed by atoms with van der Waals surface area (Å²) in [6, 6.07) is 18.2. The van der Waals surface area contributed by atoms with Crippen LogP contribution in [0.4, 0.5) is 10.1 Å². The summed E-state index contributed by atoms with van der Waals surface area (Å²) in [7, 11) is -4.16. The molecule has 0 unspecified atom stereocenters. The molecule has 0 saturated carbocycles. The highest BCUT2D eigenvalue weighted by molar-refractivity contribution is 7.92. The molecule has 0 saturated heterocycles. The minimum atomic E-state index is -4.16. The molecular weight excluding hydrogens is 517 g/mol. The van der Waals surface area contributed by atoms with E-state index in [0.717, 1.165) is 9.87 Å². The zero-order valence-corrected chi connectivity index (χ0v) is 23.8. The van der Waals surface area contributed by atoms with Gasteiger partial charge in [-0.25, -0.2) is 12.8 Å².